The molecule has 2 amide bonds. The van der Waals surface area contributed by atoms with Crippen molar-refractivity contribution in [3.8, 4) is 5.75 Å². The third-order valence-corrected chi connectivity index (χ3v) is 9.58. The van der Waals surface area contributed by atoms with Crippen LogP contribution < -0.4 is 14.4 Å². The van der Waals surface area contributed by atoms with E-state index in [1.54, 1.807) is 55.5 Å². The van der Waals surface area contributed by atoms with E-state index in [4.69, 9.17) is 27.9 Å². The Kier molecular flexibility index (Phi) is 12.3. The van der Waals surface area contributed by atoms with Crippen molar-refractivity contribution in [3.05, 3.63) is 87.4 Å². The van der Waals surface area contributed by atoms with Crippen molar-refractivity contribution < 1.29 is 22.7 Å². The van der Waals surface area contributed by atoms with E-state index >= 15 is 0 Å². The average Bonchev–Trinajstić information content (AvgIpc) is 2.97. The summed E-state index contributed by atoms with van der Waals surface area (Å²) in [5.74, 6) is -0.666. The molecule has 0 aliphatic carbocycles. The number of nitrogens with one attached hydrogen (secondary N) is 1. The van der Waals surface area contributed by atoms with Crippen LogP contribution in [0.4, 0.5) is 5.69 Å². The van der Waals surface area contributed by atoms with Crippen LogP contribution in [-0.2, 0) is 26.2 Å². The Morgan fingerprint density at radius 2 is 1.58 bits per heavy atom. The van der Waals surface area contributed by atoms with Gasteiger partial charge in [0, 0.05) is 28.7 Å². The number of aryl methyl sites for hydroxylation is 2. The van der Waals surface area contributed by atoms with Gasteiger partial charge in [-0.1, -0.05) is 73.3 Å². The van der Waals surface area contributed by atoms with Gasteiger partial charge >= 0.3 is 0 Å². The standard InChI is InChI=1S/C32H39Cl2N3O5S/c1-6-8-18-35-32(39)28(7-2)36(20-25-26(33)10-9-11-27(25)34)31(38)21-37(29-19-23(4)14-17-30(29)42-5)43(40,41)24-15-12-22(3)13-16-24/h9-17,19,28H,6-8,18,20-21H2,1-5H3,(H,35,39). The number of sulfonamides is 1. The quantitative estimate of drug-likeness (QED) is 0.201. The Labute approximate surface area is 265 Å². The number of carbonyl (C=O) groups is 2. The summed E-state index contributed by atoms with van der Waals surface area (Å²) in [6.45, 7) is 7.24. The molecule has 0 heterocycles. The number of unbranched alkanes of at least 4 members (excludes halogenated alkanes) is 1. The molecule has 3 aromatic carbocycles. The highest BCUT2D eigenvalue weighted by molar-refractivity contribution is 7.92. The number of nitrogens with zero attached hydrogens (tertiary/aromatic N) is 2. The number of halogens is 2. The van der Waals surface area contributed by atoms with E-state index in [0.717, 1.165) is 28.3 Å². The fourth-order valence-corrected chi connectivity index (χ4v) is 6.56. The third kappa shape index (κ3) is 8.43. The van der Waals surface area contributed by atoms with E-state index in [1.165, 1.54) is 24.1 Å². The van der Waals surface area contributed by atoms with Crippen LogP contribution in [0, 0.1) is 13.8 Å². The first-order valence-electron chi connectivity index (χ1n) is 14.2. The number of benzene rings is 3. The zero-order chi connectivity index (χ0) is 31.7. The van der Waals surface area contributed by atoms with E-state index in [-0.39, 0.29) is 35.2 Å². The van der Waals surface area contributed by atoms with Crippen LogP contribution in [0.2, 0.25) is 10.0 Å². The second-order valence-corrected chi connectivity index (χ2v) is 13.0. The fourth-order valence-electron chi connectivity index (χ4n) is 4.63. The van der Waals surface area contributed by atoms with Crippen LogP contribution in [0.1, 0.15) is 49.8 Å². The summed E-state index contributed by atoms with van der Waals surface area (Å²) in [6, 6.07) is 15.6. The molecular formula is C32H39Cl2N3O5S. The lowest BCUT2D eigenvalue weighted by Crippen LogP contribution is -2.52. The van der Waals surface area contributed by atoms with E-state index in [2.05, 4.69) is 5.32 Å². The smallest absolute Gasteiger partial charge is 0.264 e. The molecule has 1 N–H and O–H groups in total. The molecule has 0 radical (unpaired) electrons. The number of hydrogen-bond acceptors (Lipinski definition) is 5. The van der Waals surface area contributed by atoms with E-state index in [9.17, 15) is 18.0 Å². The third-order valence-electron chi connectivity index (χ3n) is 7.10. The van der Waals surface area contributed by atoms with Crippen molar-refractivity contribution in [2.24, 2.45) is 0 Å². The second-order valence-electron chi connectivity index (χ2n) is 10.3. The number of carbonyl (C=O) groups excluding carboxylic acids is 2. The Bertz CT molecular complexity index is 1510. The molecule has 0 spiro atoms. The molecule has 0 aromatic heterocycles. The van der Waals surface area contributed by atoms with Crippen molar-refractivity contribution in [3.63, 3.8) is 0 Å². The number of anilines is 1. The molecule has 43 heavy (non-hydrogen) atoms. The van der Waals surface area contributed by atoms with Gasteiger partial charge in [-0.05, 0) is 68.7 Å². The molecule has 232 valence electrons. The molecule has 0 aliphatic rings. The lowest BCUT2D eigenvalue weighted by molar-refractivity contribution is -0.140. The van der Waals surface area contributed by atoms with Gasteiger partial charge in [-0.15, -0.1) is 0 Å². The SMILES string of the molecule is CCCCNC(=O)C(CC)N(Cc1c(Cl)cccc1Cl)C(=O)CN(c1cc(C)ccc1OC)S(=O)(=O)c1ccc(C)cc1. The molecule has 8 nitrogen and oxygen atoms in total. The lowest BCUT2D eigenvalue weighted by Gasteiger charge is -2.34. The van der Waals surface area contributed by atoms with E-state index in [1.807, 2.05) is 20.8 Å². The fraction of sp³-hybridized carbons (Fsp3) is 0.375. The molecular weight excluding hydrogens is 609 g/mol. The van der Waals surface area contributed by atoms with Gasteiger partial charge in [-0.2, -0.15) is 0 Å². The Morgan fingerprint density at radius 3 is 2.16 bits per heavy atom. The molecule has 3 rings (SSSR count). The maximum Gasteiger partial charge on any atom is 0.264 e. The van der Waals surface area contributed by atoms with Gasteiger partial charge in [-0.25, -0.2) is 8.42 Å². The highest BCUT2D eigenvalue weighted by Gasteiger charge is 2.35. The first-order valence-corrected chi connectivity index (χ1v) is 16.4. The van der Waals surface area contributed by atoms with Gasteiger partial charge in [0.05, 0.1) is 17.7 Å². The van der Waals surface area contributed by atoms with Gasteiger partial charge < -0.3 is 15.0 Å². The molecule has 0 fully saturated rings. The molecule has 0 saturated heterocycles. The highest BCUT2D eigenvalue weighted by Crippen LogP contribution is 2.34. The Morgan fingerprint density at radius 1 is 0.953 bits per heavy atom. The number of ether oxygens (including phenoxy) is 1. The molecule has 0 saturated carbocycles. The minimum absolute atomic E-state index is 0.0134. The number of hydrogen-bond donors (Lipinski definition) is 1. The average molecular weight is 649 g/mol. The summed E-state index contributed by atoms with van der Waals surface area (Å²) >= 11 is 13.0. The summed E-state index contributed by atoms with van der Waals surface area (Å²) in [6.07, 6.45) is 1.95. The molecule has 11 heteroatoms. The predicted molar refractivity (Wildman–Crippen MR) is 172 cm³/mol. The van der Waals surface area contributed by atoms with Crippen molar-refractivity contribution in [2.75, 3.05) is 24.5 Å². The van der Waals surface area contributed by atoms with Crippen LogP contribution >= 0.6 is 23.2 Å². The number of rotatable bonds is 14. The summed E-state index contributed by atoms with van der Waals surface area (Å²) in [5.41, 5.74) is 2.32. The molecule has 0 aliphatic heterocycles. The summed E-state index contributed by atoms with van der Waals surface area (Å²) in [7, 11) is -2.82. The van der Waals surface area contributed by atoms with E-state index < -0.39 is 28.5 Å². The molecule has 1 unspecified atom stereocenters. The summed E-state index contributed by atoms with van der Waals surface area (Å²) < 4.78 is 34.9. The van der Waals surface area contributed by atoms with Crippen LogP contribution in [0.15, 0.2) is 65.6 Å². The first-order chi connectivity index (χ1) is 20.4. The van der Waals surface area contributed by atoms with Gasteiger partial charge in [0.25, 0.3) is 10.0 Å². The van der Waals surface area contributed by atoms with Crippen LogP contribution in [0.25, 0.3) is 0 Å². The van der Waals surface area contributed by atoms with Crippen molar-refractivity contribution in [1.29, 1.82) is 0 Å². The van der Waals surface area contributed by atoms with Gasteiger partial charge in [0.15, 0.2) is 0 Å². The van der Waals surface area contributed by atoms with Crippen molar-refractivity contribution >= 4 is 50.7 Å². The van der Waals surface area contributed by atoms with E-state index in [0.29, 0.717) is 22.2 Å². The molecule has 3 aromatic rings. The predicted octanol–water partition coefficient (Wildman–Crippen LogP) is 6.54. The second kappa shape index (κ2) is 15.5. The molecule has 0 bridgehead atoms. The topological polar surface area (TPSA) is 96.0 Å². The Balaban J connectivity index is 2.14. The maximum absolute atomic E-state index is 14.3. The maximum atomic E-state index is 14.3. The van der Waals surface area contributed by atoms with Crippen LogP contribution in [0.5, 0.6) is 5.75 Å². The van der Waals surface area contributed by atoms with Gasteiger partial charge in [-0.3, -0.25) is 13.9 Å². The van der Waals surface area contributed by atoms with Gasteiger partial charge in [0.2, 0.25) is 11.8 Å². The van der Waals surface area contributed by atoms with Crippen LogP contribution in [0.3, 0.4) is 0 Å². The largest absolute Gasteiger partial charge is 0.495 e. The lowest BCUT2D eigenvalue weighted by atomic mass is 10.1. The summed E-state index contributed by atoms with van der Waals surface area (Å²) in [4.78, 5) is 29.1. The zero-order valence-electron chi connectivity index (χ0n) is 25.2. The Hall–Kier alpha value is -3.27. The number of amides is 2. The monoisotopic (exact) mass is 647 g/mol. The first kappa shape index (κ1) is 34.2. The number of methoxy groups -OCH3 is 1. The van der Waals surface area contributed by atoms with Crippen molar-refractivity contribution in [2.45, 2.75) is 64.4 Å². The van der Waals surface area contributed by atoms with Gasteiger partial charge in [0.1, 0.15) is 18.3 Å². The van der Waals surface area contributed by atoms with Crippen molar-refractivity contribution in [1.82, 2.24) is 10.2 Å². The highest BCUT2D eigenvalue weighted by atomic mass is 35.5. The minimum Gasteiger partial charge on any atom is -0.495 e. The van der Waals surface area contributed by atoms with Crippen LogP contribution in [-0.4, -0.2) is 51.4 Å². The summed E-state index contributed by atoms with van der Waals surface area (Å²) in [5, 5.41) is 3.57. The zero-order valence-corrected chi connectivity index (χ0v) is 27.5. The molecule has 1 atom stereocenters. The normalized spacial score (nSPS) is 12.0. The minimum atomic E-state index is -4.26.